The number of amides is 2. The van der Waals surface area contributed by atoms with E-state index in [4.69, 9.17) is 5.11 Å². The third-order valence-corrected chi connectivity index (χ3v) is 3.29. The standard InChI is InChI=1S/C15H21FN2O3/c1-10-8-13(16)5-4-12(10)6-7-17-15(21)18(3)9-11(2)14(19)20/h4-5,8,11H,6-7,9H2,1-3H3,(H,17,21)(H,19,20). The lowest BCUT2D eigenvalue weighted by atomic mass is 10.1. The summed E-state index contributed by atoms with van der Waals surface area (Å²) >= 11 is 0. The summed E-state index contributed by atoms with van der Waals surface area (Å²) in [5.74, 6) is -1.82. The zero-order chi connectivity index (χ0) is 16.0. The Kier molecular flexibility index (Phi) is 6.14. The second kappa shape index (κ2) is 7.61. The third-order valence-electron chi connectivity index (χ3n) is 3.29. The van der Waals surface area contributed by atoms with Crippen molar-refractivity contribution in [3.63, 3.8) is 0 Å². The van der Waals surface area contributed by atoms with Gasteiger partial charge in [-0.1, -0.05) is 13.0 Å². The molecular weight excluding hydrogens is 275 g/mol. The van der Waals surface area contributed by atoms with Crippen molar-refractivity contribution in [2.75, 3.05) is 20.1 Å². The van der Waals surface area contributed by atoms with E-state index < -0.39 is 11.9 Å². The predicted molar refractivity (Wildman–Crippen MR) is 77.7 cm³/mol. The van der Waals surface area contributed by atoms with Crippen molar-refractivity contribution in [1.29, 1.82) is 0 Å². The van der Waals surface area contributed by atoms with E-state index in [-0.39, 0.29) is 18.4 Å². The molecule has 21 heavy (non-hydrogen) atoms. The number of carbonyl (C=O) groups excluding carboxylic acids is 1. The largest absolute Gasteiger partial charge is 0.481 e. The van der Waals surface area contributed by atoms with Crippen LogP contribution in [0.5, 0.6) is 0 Å². The SMILES string of the molecule is Cc1cc(F)ccc1CCNC(=O)N(C)CC(C)C(=O)O. The zero-order valence-corrected chi connectivity index (χ0v) is 12.5. The van der Waals surface area contributed by atoms with Crippen LogP contribution in [-0.4, -0.2) is 42.1 Å². The molecule has 0 radical (unpaired) electrons. The fourth-order valence-electron chi connectivity index (χ4n) is 1.95. The first-order chi connectivity index (χ1) is 9.81. The minimum atomic E-state index is -0.934. The Morgan fingerprint density at radius 1 is 1.43 bits per heavy atom. The van der Waals surface area contributed by atoms with Gasteiger partial charge in [-0.05, 0) is 36.6 Å². The Labute approximate surface area is 123 Å². The van der Waals surface area contributed by atoms with Gasteiger partial charge >= 0.3 is 12.0 Å². The molecule has 1 aromatic rings. The molecule has 0 aliphatic rings. The van der Waals surface area contributed by atoms with E-state index in [1.54, 1.807) is 20.0 Å². The summed E-state index contributed by atoms with van der Waals surface area (Å²) in [5, 5.41) is 11.5. The molecule has 0 spiro atoms. The van der Waals surface area contributed by atoms with Gasteiger partial charge in [0.2, 0.25) is 0 Å². The molecule has 1 aromatic carbocycles. The molecule has 0 bridgehead atoms. The van der Waals surface area contributed by atoms with E-state index in [9.17, 15) is 14.0 Å². The van der Waals surface area contributed by atoms with Gasteiger partial charge in [-0.15, -0.1) is 0 Å². The van der Waals surface area contributed by atoms with Gasteiger partial charge < -0.3 is 15.3 Å². The Bertz CT molecular complexity index is 520. The Morgan fingerprint density at radius 3 is 2.67 bits per heavy atom. The van der Waals surface area contributed by atoms with Crippen molar-refractivity contribution >= 4 is 12.0 Å². The number of carboxylic acids is 1. The number of aryl methyl sites for hydroxylation is 1. The molecule has 1 atom stereocenters. The second-order valence-electron chi connectivity index (χ2n) is 5.17. The highest BCUT2D eigenvalue weighted by molar-refractivity contribution is 5.75. The Balaban J connectivity index is 2.41. The van der Waals surface area contributed by atoms with Crippen molar-refractivity contribution in [1.82, 2.24) is 10.2 Å². The quantitative estimate of drug-likeness (QED) is 0.844. The van der Waals surface area contributed by atoms with E-state index in [1.165, 1.54) is 17.0 Å². The van der Waals surface area contributed by atoms with Gasteiger partial charge in [0.15, 0.2) is 0 Å². The van der Waals surface area contributed by atoms with Crippen molar-refractivity contribution in [3.05, 3.63) is 35.1 Å². The molecule has 0 heterocycles. The molecule has 0 fully saturated rings. The molecule has 6 heteroatoms. The summed E-state index contributed by atoms with van der Waals surface area (Å²) in [4.78, 5) is 23.9. The highest BCUT2D eigenvalue weighted by Crippen LogP contribution is 2.10. The van der Waals surface area contributed by atoms with Crippen molar-refractivity contribution < 1.29 is 19.1 Å². The van der Waals surface area contributed by atoms with Crippen LogP contribution in [0.3, 0.4) is 0 Å². The first-order valence-electron chi connectivity index (χ1n) is 6.78. The van der Waals surface area contributed by atoms with Gasteiger partial charge in [-0.3, -0.25) is 4.79 Å². The van der Waals surface area contributed by atoms with Crippen molar-refractivity contribution in [2.45, 2.75) is 20.3 Å². The number of urea groups is 1. The van der Waals surface area contributed by atoms with Crippen LogP contribution >= 0.6 is 0 Å². The first-order valence-corrected chi connectivity index (χ1v) is 6.78. The van der Waals surface area contributed by atoms with E-state index >= 15 is 0 Å². The number of carboxylic acid groups (broad SMARTS) is 1. The lowest BCUT2D eigenvalue weighted by molar-refractivity contribution is -0.141. The molecule has 0 aliphatic heterocycles. The van der Waals surface area contributed by atoms with Crippen LogP contribution < -0.4 is 5.32 Å². The molecule has 0 aromatic heterocycles. The number of rotatable bonds is 6. The summed E-state index contributed by atoms with van der Waals surface area (Å²) in [6, 6.07) is 4.23. The van der Waals surface area contributed by atoms with E-state index in [1.807, 2.05) is 6.92 Å². The summed E-state index contributed by atoms with van der Waals surface area (Å²) in [6.45, 7) is 3.93. The fraction of sp³-hybridized carbons (Fsp3) is 0.467. The average Bonchev–Trinajstić information content (AvgIpc) is 2.40. The minimum absolute atomic E-state index is 0.150. The molecular formula is C15H21FN2O3. The number of nitrogens with one attached hydrogen (secondary N) is 1. The number of hydrogen-bond donors (Lipinski definition) is 2. The Hall–Kier alpha value is -2.11. The lowest BCUT2D eigenvalue weighted by Gasteiger charge is -2.20. The number of benzene rings is 1. The molecule has 0 saturated carbocycles. The van der Waals surface area contributed by atoms with Gasteiger partial charge in [0.1, 0.15) is 5.82 Å². The first kappa shape index (κ1) is 16.9. The summed E-state index contributed by atoms with van der Waals surface area (Å²) in [5.41, 5.74) is 1.82. The normalized spacial score (nSPS) is 11.8. The number of aliphatic carboxylic acids is 1. The lowest BCUT2D eigenvalue weighted by Crippen LogP contribution is -2.41. The average molecular weight is 296 g/mol. The van der Waals surface area contributed by atoms with Gasteiger partial charge in [0.25, 0.3) is 0 Å². The smallest absolute Gasteiger partial charge is 0.317 e. The number of halogens is 1. The number of nitrogens with zero attached hydrogens (tertiary/aromatic N) is 1. The highest BCUT2D eigenvalue weighted by atomic mass is 19.1. The van der Waals surface area contributed by atoms with Crippen LogP contribution in [-0.2, 0) is 11.2 Å². The summed E-state index contributed by atoms with van der Waals surface area (Å²) in [7, 11) is 1.55. The van der Waals surface area contributed by atoms with Crippen molar-refractivity contribution in [2.24, 2.45) is 5.92 Å². The van der Waals surface area contributed by atoms with Crippen LogP contribution in [0.4, 0.5) is 9.18 Å². The number of hydrogen-bond acceptors (Lipinski definition) is 2. The second-order valence-corrected chi connectivity index (χ2v) is 5.17. The molecule has 1 unspecified atom stereocenters. The molecule has 0 aliphatic carbocycles. The van der Waals surface area contributed by atoms with E-state index in [2.05, 4.69) is 5.32 Å². The fourth-order valence-corrected chi connectivity index (χ4v) is 1.95. The molecule has 1 rings (SSSR count). The van der Waals surface area contributed by atoms with E-state index in [0.29, 0.717) is 13.0 Å². The van der Waals surface area contributed by atoms with Gasteiger partial charge in [0, 0.05) is 20.1 Å². The van der Waals surface area contributed by atoms with Gasteiger partial charge in [0.05, 0.1) is 5.92 Å². The van der Waals surface area contributed by atoms with E-state index in [0.717, 1.165) is 11.1 Å². The van der Waals surface area contributed by atoms with Crippen LogP contribution in [0.25, 0.3) is 0 Å². The molecule has 0 saturated heterocycles. The minimum Gasteiger partial charge on any atom is -0.481 e. The van der Waals surface area contributed by atoms with Crippen LogP contribution in [0.15, 0.2) is 18.2 Å². The van der Waals surface area contributed by atoms with Gasteiger partial charge in [-0.2, -0.15) is 0 Å². The third kappa shape index (κ3) is 5.41. The molecule has 116 valence electrons. The summed E-state index contributed by atoms with van der Waals surface area (Å²) < 4.78 is 13.0. The topological polar surface area (TPSA) is 69.6 Å². The molecule has 5 nitrogen and oxygen atoms in total. The molecule has 2 N–H and O–H groups in total. The Morgan fingerprint density at radius 2 is 2.10 bits per heavy atom. The van der Waals surface area contributed by atoms with Crippen molar-refractivity contribution in [3.8, 4) is 0 Å². The van der Waals surface area contributed by atoms with Gasteiger partial charge in [-0.25, -0.2) is 9.18 Å². The van der Waals surface area contributed by atoms with Crippen LogP contribution in [0.1, 0.15) is 18.1 Å². The van der Waals surface area contributed by atoms with Crippen LogP contribution in [0, 0.1) is 18.7 Å². The highest BCUT2D eigenvalue weighted by Gasteiger charge is 2.16. The maximum absolute atomic E-state index is 13.0. The molecule has 2 amide bonds. The zero-order valence-electron chi connectivity index (χ0n) is 12.5. The maximum Gasteiger partial charge on any atom is 0.317 e. The number of carbonyl (C=O) groups is 2. The predicted octanol–water partition coefficient (Wildman–Crippen LogP) is 2.04. The monoisotopic (exact) mass is 296 g/mol. The summed E-state index contributed by atoms with van der Waals surface area (Å²) in [6.07, 6.45) is 0.597. The van der Waals surface area contributed by atoms with Crippen LogP contribution in [0.2, 0.25) is 0 Å². The maximum atomic E-state index is 13.0.